The van der Waals surface area contributed by atoms with E-state index in [0.717, 1.165) is 38.2 Å². The van der Waals surface area contributed by atoms with Gasteiger partial charge in [0, 0.05) is 32.0 Å². The molecule has 1 aromatic heterocycles. The van der Waals surface area contributed by atoms with Crippen LogP contribution in [0.1, 0.15) is 73.5 Å². The Morgan fingerprint density at radius 2 is 1.96 bits per heavy atom. The lowest BCUT2D eigenvalue weighted by Crippen LogP contribution is -2.57. The van der Waals surface area contributed by atoms with Crippen molar-refractivity contribution in [3.63, 3.8) is 0 Å². The molecular formula is C21H32N4O3. The second-order valence-corrected chi connectivity index (χ2v) is 8.48. The molecule has 1 unspecified atom stereocenters. The van der Waals surface area contributed by atoms with E-state index >= 15 is 0 Å². The third-order valence-corrected chi connectivity index (χ3v) is 6.68. The Morgan fingerprint density at radius 1 is 1.21 bits per heavy atom. The van der Waals surface area contributed by atoms with Gasteiger partial charge in [0.25, 0.3) is 5.91 Å². The average molecular weight is 389 g/mol. The SMILES string of the molecule is Cc1c(C(=O)N2CCNC(=O)C2CC2CCCCC2)cnn1C1CCOCC1. The fraction of sp³-hybridized carbons (Fsp3) is 0.762. The Kier molecular flexibility index (Phi) is 5.99. The molecule has 3 fully saturated rings. The highest BCUT2D eigenvalue weighted by Crippen LogP contribution is 2.30. The molecule has 7 heteroatoms. The largest absolute Gasteiger partial charge is 0.381 e. The summed E-state index contributed by atoms with van der Waals surface area (Å²) < 4.78 is 7.43. The summed E-state index contributed by atoms with van der Waals surface area (Å²) in [5.41, 5.74) is 1.54. The molecule has 1 saturated carbocycles. The number of hydrogen-bond acceptors (Lipinski definition) is 4. The first-order chi connectivity index (χ1) is 13.6. The molecule has 28 heavy (non-hydrogen) atoms. The van der Waals surface area contributed by atoms with Crippen molar-refractivity contribution < 1.29 is 14.3 Å². The van der Waals surface area contributed by atoms with Crippen LogP contribution in [0.5, 0.6) is 0 Å². The smallest absolute Gasteiger partial charge is 0.258 e. The summed E-state index contributed by atoms with van der Waals surface area (Å²) in [5.74, 6) is 0.495. The highest BCUT2D eigenvalue weighted by molar-refractivity contribution is 5.98. The van der Waals surface area contributed by atoms with Crippen molar-refractivity contribution in [3.8, 4) is 0 Å². The Morgan fingerprint density at radius 3 is 2.71 bits per heavy atom. The normalized spacial score (nSPS) is 25.0. The maximum Gasteiger partial charge on any atom is 0.258 e. The van der Waals surface area contributed by atoms with Crippen LogP contribution in [0.4, 0.5) is 0 Å². The van der Waals surface area contributed by atoms with E-state index in [-0.39, 0.29) is 23.9 Å². The number of ether oxygens (including phenoxy) is 1. The average Bonchev–Trinajstić information content (AvgIpc) is 3.12. The van der Waals surface area contributed by atoms with Gasteiger partial charge in [0.2, 0.25) is 5.91 Å². The summed E-state index contributed by atoms with van der Waals surface area (Å²) >= 11 is 0. The minimum absolute atomic E-state index is 0.000326. The molecule has 2 amide bonds. The summed E-state index contributed by atoms with van der Waals surface area (Å²) in [6.07, 6.45) is 10.4. The molecule has 2 aliphatic heterocycles. The minimum Gasteiger partial charge on any atom is -0.381 e. The van der Waals surface area contributed by atoms with E-state index in [1.165, 1.54) is 32.1 Å². The summed E-state index contributed by atoms with van der Waals surface area (Å²) in [4.78, 5) is 27.8. The van der Waals surface area contributed by atoms with Crippen LogP contribution in [0.2, 0.25) is 0 Å². The second kappa shape index (κ2) is 8.64. The van der Waals surface area contributed by atoms with Crippen LogP contribution in [0, 0.1) is 12.8 Å². The third-order valence-electron chi connectivity index (χ3n) is 6.68. The van der Waals surface area contributed by atoms with Gasteiger partial charge in [-0.15, -0.1) is 0 Å². The van der Waals surface area contributed by atoms with E-state index in [1.54, 1.807) is 11.1 Å². The number of nitrogens with zero attached hydrogens (tertiary/aromatic N) is 3. The van der Waals surface area contributed by atoms with Gasteiger partial charge in [-0.2, -0.15) is 5.10 Å². The fourth-order valence-corrected chi connectivity index (χ4v) is 5.02. The molecule has 3 heterocycles. The molecule has 0 bridgehead atoms. The zero-order valence-corrected chi connectivity index (χ0v) is 16.9. The molecule has 1 N–H and O–H groups in total. The van der Waals surface area contributed by atoms with Crippen LogP contribution in [0.25, 0.3) is 0 Å². The summed E-state index contributed by atoms with van der Waals surface area (Å²) in [6.45, 7) is 4.55. The van der Waals surface area contributed by atoms with E-state index in [2.05, 4.69) is 10.4 Å². The lowest BCUT2D eigenvalue weighted by Gasteiger charge is -2.37. The maximum atomic E-state index is 13.4. The van der Waals surface area contributed by atoms with Crippen LogP contribution in [-0.2, 0) is 9.53 Å². The molecular weight excluding hydrogens is 356 g/mol. The maximum absolute atomic E-state index is 13.4. The van der Waals surface area contributed by atoms with Gasteiger partial charge in [-0.3, -0.25) is 14.3 Å². The number of rotatable bonds is 4. The predicted octanol–water partition coefficient (Wildman–Crippen LogP) is 2.45. The van der Waals surface area contributed by atoms with Crippen LogP contribution >= 0.6 is 0 Å². The highest BCUT2D eigenvalue weighted by Gasteiger charge is 2.36. The molecule has 1 aromatic rings. The molecule has 4 rings (SSSR count). The van der Waals surface area contributed by atoms with Crippen LogP contribution in [0.3, 0.4) is 0 Å². The first-order valence-electron chi connectivity index (χ1n) is 10.9. The first kappa shape index (κ1) is 19.4. The Labute approximate surface area is 166 Å². The quantitative estimate of drug-likeness (QED) is 0.860. The summed E-state index contributed by atoms with van der Waals surface area (Å²) in [5, 5.41) is 7.49. The Balaban J connectivity index is 1.51. The van der Waals surface area contributed by atoms with Crippen molar-refractivity contribution in [2.75, 3.05) is 26.3 Å². The highest BCUT2D eigenvalue weighted by atomic mass is 16.5. The first-order valence-corrected chi connectivity index (χ1v) is 10.9. The molecule has 154 valence electrons. The van der Waals surface area contributed by atoms with E-state index in [0.29, 0.717) is 24.6 Å². The summed E-state index contributed by atoms with van der Waals surface area (Å²) in [7, 11) is 0. The molecule has 2 saturated heterocycles. The number of hydrogen-bond donors (Lipinski definition) is 1. The number of nitrogens with one attached hydrogen (secondary N) is 1. The Bertz CT molecular complexity index is 705. The molecule has 0 radical (unpaired) electrons. The minimum atomic E-state index is -0.352. The lowest BCUT2D eigenvalue weighted by molar-refractivity contribution is -0.128. The number of carbonyl (C=O) groups is 2. The van der Waals surface area contributed by atoms with Crippen molar-refractivity contribution >= 4 is 11.8 Å². The molecule has 0 aromatic carbocycles. The van der Waals surface area contributed by atoms with Crippen LogP contribution < -0.4 is 5.32 Å². The second-order valence-electron chi connectivity index (χ2n) is 8.48. The van der Waals surface area contributed by atoms with Gasteiger partial charge in [0.05, 0.1) is 17.8 Å². The van der Waals surface area contributed by atoms with Crippen molar-refractivity contribution in [2.45, 2.75) is 70.4 Å². The van der Waals surface area contributed by atoms with E-state index in [1.807, 2.05) is 11.6 Å². The molecule has 3 aliphatic rings. The zero-order valence-electron chi connectivity index (χ0n) is 16.9. The van der Waals surface area contributed by atoms with Crippen LogP contribution in [0.15, 0.2) is 6.20 Å². The van der Waals surface area contributed by atoms with Crippen molar-refractivity contribution in [1.82, 2.24) is 20.0 Å². The van der Waals surface area contributed by atoms with E-state index in [9.17, 15) is 9.59 Å². The van der Waals surface area contributed by atoms with Gasteiger partial charge in [-0.1, -0.05) is 32.1 Å². The van der Waals surface area contributed by atoms with E-state index < -0.39 is 0 Å². The van der Waals surface area contributed by atoms with Gasteiger partial charge >= 0.3 is 0 Å². The van der Waals surface area contributed by atoms with Crippen LogP contribution in [-0.4, -0.2) is 58.8 Å². The fourth-order valence-electron chi connectivity index (χ4n) is 5.02. The van der Waals surface area contributed by atoms with Gasteiger partial charge < -0.3 is 15.0 Å². The molecule has 1 atom stereocenters. The Hall–Kier alpha value is -1.89. The monoisotopic (exact) mass is 388 g/mol. The van der Waals surface area contributed by atoms with Gasteiger partial charge in [0.1, 0.15) is 6.04 Å². The van der Waals surface area contributed by atoms with E-state index in [4.69, 9.17) is 4.74 Å². The molecule has 0 spiro atoms. The topological polar surface area (TPSA) is 76.5 Å². The van der Waals surface area contributed by atoms with Crippen molar-refractivity contribution in [1.29, 1.82) is 0 Å². The lowest BCUT2D eigenvalue weighted by atomic mass is 9.84. The summed E-state index contributed by atoms with van der Waals surface area (Å²) in [6, 6.07) is -0.0619. The predicted molar refractivity (Wildman–Crippen MR) is 105 cm³/mol. The standard InChI is InChI=1S/C21H32N4O3/c1-15-18(14-23-25(15)17-7-11-28-12-8-17)21(27)24-10-9-22-20(26)19(24)13-16-5-3-2-4-6-16/h14,16-17,19H,2-13H2,1H3,(H,22,26). The number of piperazine rings is 1. The number of carbonyl (C=O) groups excluding carboxylic acids is 2. The number of amides is 2. The number of aromatic nitrogens is 2. The van der Waals surface area contributed by atoms with Gasteiger partial charge in [-0.25, -0.2) is 0 Å². The van der Waals surface area contributed by atoms with Gasteiger partial charge in [-0.05, 0) is 32.1 Å². The molecule has 1 aliphatic carbocycles. The van der Waals surface area contributed by atoms with Gasteiger partial charge in [0.15, 0.2) is 0 Å². The van der Waals surface area contributed by atoms with Crippen molar-refractivity contribution in [2.24, 2.45) is 5.92 Å². The third kappa shape index (κ3) is 3.95. The van der Waals surface area contributed by atoms with Crippen molar-refractivity contribution in [3.05, 3.63) is 17.5 Å². The molecule has 7 nitrogen and oxygen atoms in total. The zero-order chi connectivity index (χ0) is 19.5.